The molecule has 1 aliphatic rings. The molecule has 1 aliphatic heterocycles. The number of hydrogen-bond acceptors (Lipinski definition) is 3. The number of carboxylic acids is 1. The second-order valence-electron chi connectivity index (χ2n) is 4.54. The number of carbonyl (C=O) groups is 1. The van der Waals surface area contributed by atoms with E-state index in [-0.39, 0.29) is 18.6 Å². The molecule has 0 amide bonds. The van der Waals surface area contributed by atoms with Crippen LogP contribution in [0.2, 0.25) is 0 Å². The molecule has 0 fully saturated rings. The Balaban J connectivity index is 2.07. The van der Waals surface area contributed by atoms with Gasteiger partial charge in [-0.25, -0.2) is 0 Å². The number of carboxylic acid groups (broad SMARTS) is 1. The molecule has 1 aromatic rings. The molecule has 92 valence electrons. The molecule has 0 saturated heterocycles. The van der Waals surface area contributed by atoms with E-state index in [0.29, 0.717) is 6.42 Å². The molecule has 4 heteroatoms. The number of benzene rings is 1. The fraction of sp³-hybridized carbons (Fsp3) is 0.462. The van der Waals surface area contributed by atoms with Gasteiger partial charge in [-0.3, -0.25) is 4.79 Å². The van der Waals surface area contributed by atoms with E-state index in [1.54, 1.807) is 0 Å². The summed E-state index contributed by atoms with van der Waals surface area (Å²) in [6.07, 6.45) is 1.68. The molecule has 17 heavy (non-hydrogen) atoms. The zero-order valence-electron chi connectivity index (χ0n) is 9.85. The van der Waals surface area contributed by atoms with Crippen molar-refractivity contribution in [2.24, 2.45) is 5.73 Å². The van der Waals surface area contributed by atoms with Crippen LogP contribution in [-0.4, -0.2) is 17.2 Å². The van der Waals surface area contributed by atoms with E-state index in [0.717, 1.165) is 17.7 Å². The lowest BCUT2D eigenvalue weighted by atomic mass is 9.99. The van der Waals surface area contributed by atoms with Crippen LogP contribution in [0.4, 0.5) is 0 Å². The quantitative estimate of drug-likeness (QED) is 0.835. The summed E-state index contributed by atoms with van der Waals surface area (Å²) < 4.78 is 5.60. The average Bonchev–Trinajstić information content (AvgIpc) is 2.64. The monoisotopic (exact) mass is 235 g/mol. The van der Waals surface area contributed by atoms with Crippen molar-refractivity contribution >= 4 is 5.97 Å². The second kappa shape index (κ2) is 4.75. The summed E-state index contributed by atoms with van der Waals surface area (Å²) in [5.74, 6) is 0.116. The first-order chi connectivity index (χ1) is 8.06. The van der Waals surface area contributed by atoms with Crippen LogP contribution in [0.25, 0.3) is 0 Å². The zero-order valence-corrected chi connectivity index (χ0v) is 9.85. The highest BCUT2D eigenvalue weighted by atomic mass is 16.5. The van der Waals surface area contributed by atoms with Crippen LogP contribution < -0.4 is 10.5 Å². The van der Waals surface area contributed by atoms with Gasteiger partial charge in [-0.05, 0) is 30.5 Å². The molecule has 1 heterocycles. The van der Waals surface area contributed by atoms with Gasteiger partial charge < -0.3 is 15.6 Å². The second-order valence-corrected chi connectivity index (χ2v) is 4.54. The van der Waals surface area contributed by atoms with E-state index in [2.05, 4.69) is 0 Å². The van der Waals surface area contributed by atoms with Crippen molar-refractivity contribution in [2.75, 3.05) is 0 Å². The van der Waals surface area contributed by atoms with E-state index >= 15 is 0 Å². The lowest BCUT2D eigenvalue weighted by Crippen LogP contribution is -2.12. The standard InChI is InChI=1S/C13H17NO3/c1-8-6-10-7-9(2-4-12(10)17-8)11(14)3-5-13(15)16/h2,4,7-8,11H,3,5-6,14H2,1H3,(H,15,16). The summed E-state index contributed by atoms with van der Waals surface area (Å²) in [7, 11) is 0. The van der Waals surface area contributed by atoms with Gasteiger partial charge in [0, 0.05) is 18.9 Å². The maximum absolute atomic E-state index is 10.5. The van der Waals surface area contributed by atoms with Crippen LogP contribution >= 0.6 is 0 Å². The van der Waals surface area contributed by atoms with Crippen molar-refractivity contribution < 1.29 is 14.6 Å². The minimum atomic E-state index is -0.807. The van der Waals surface area contributed by atoms with Crippen LogP contribution in [0.3, 0.4) is 0 Å². The van der Waals surface area contributed by atoms with E-state index in [1.807, 2.05) is 25.1 Å². The van der Waals surface area contributed by atoms with Gasteiger partial charge in [0.15, 0.2) is 0 Å². The highest BCUT2D eigenvalue weighted by Gasteiger charge is 2.20. The Bertz CT molecular complexity index is 431. The molecule has 3 N–H and O–H groups in total. The number of nitrogens with two attached hydrogens (primary N) is 1. The molecule has 2 unspecified atom stereocenters. The van der Waals surface area contributed by atoms with Crippen LogP contribution in [0.15, 0.2) is 18.2 Å². The Kier molecular flexibility index (Phi) is 3.33. The Morgan fingerprint density at radius 1 is 1.65 bits per heavy atom. The van der Waals surface area contributed by atoms with Crippen molar-refractivity contribution in [3.8, 4) is 5.75 Å². The number of rotatable bonds is 4. The fourth-order valence-electron chi connectivity index (χ4n) is 2.12. The van der Waals surface area contributed by atoms with Gasteiger partial charge in [-0.1, -0.05) is 12.1 Å². The molecule has 0 radical (unpaired) electrons. The third kappa shape index (κ3) is 2.77. The number of hydrogen-bond donors (Lipinski definition) is 2. The topological polar surface area (TPSA) is 72.6 Å². The zero-order chi connectivity index (χ0) is 12.4. The van der Waals surface area contributed by atoms with Crippen molar-refractivity contribution in [1.29, 1.82) is 0 Å². The normalized spacial score (nSPS) is 19.5. The van der Waals surface area contributed by atoms with Crippen molar-refractivity contribution in [2.45, 2.75) is 38.3 Å². The summed E-state index contributed by atoms with van der Waals surface area (Å²) in [6.45, 7) is 2.03. The number of aliphatic carboxylic acids is 1. The molecule has 4 nitrogen and oxygen atoms in total. The van der Waals surface area contributed by atoms with Gasteiger partial charge in [0.1, 0.15) is 11.9 Å². The predicted octanol–water partition coefficient (Wildman–Crippen LogP) is 1.87. The van der Waals surface area contributed by atoms with Crippen molar-refractivity contribution in [3.63, 3.8) is 0 Å². The van der Waals surface area contributed by atoms with Crippen LogP contribution in [0.1, 0.15) is 36.9 Å². The van der Waals surface area contributed by atoms with Gasteiger partial charge in [-0.2, -0.15) is 0 Å². The average molecular weight is 235 g/mol. The number of fused-ring (bicyclic) bond motifs is 1. The first kappa shape index (κ1) is 11.9. The Morgan fingerprint density at radius 2 is 2.41 bits per heavy atom. The lowest BCUT2D eigenvalue weighted by Gasteiger charge is -2.11. The van der Waals surface area contributed by atoms with Crippen LogP contribution in [-0.2, 0) is 11.2 Å². The van der Waals surface area contributed by atoms with Crippen molar-refractivity contribution in [3.05, 3.63) is 29.3 Å². The predicted molar refractivity (Wildman–Crippen MR) is 64.0 cm³/mol. The Morgan fingerprint density at radius 3 is 3.12 bits per heavy atom. The minimum absolute atomic E-state index is 0.102. The SMILES string of the molecule is CC1Cc2cc(C(N)CCC(=O)O)ccc2O1. The smallest absolute Gasteiger partial charge is 0.303 e. The summed E-state index contributed by atoms with van der Waals surface area (Å²) >= 11 is 0. The Labute approximate surface area is 100 Å². The maximum atomic E-state index is 10.5. The molecular formula is C13H17NO3. The van der Waals surface area contributed by atoms with E-state index < -0.39 is 5.97 Å². The third-order valence-electron chi connectivity index (χ3n) is 3.02. The van der Waals surface area contributed by atoms with Gasteiger partial charge in [0.25, 0.3) is 0 Å². The molecule has 0 aromatic heterocycles. The molecule has 1 aromatic carbocycles. The molecular weight excluding hydrogens is 218 g/mol. The summed E-state index contributed by atoms with van der Waals surface area (Å²) in [6, 6.07) is 5.66. The van der Waals surface area contributed by atoms with E-state index in [4.69, 9.17) is 15.6 Å². The summed E-state index contributed by atoms with van der Waals surface area (Å²) in [4.78, 5) is 10.5. The molecule has 0 aliphatic carbocycles. The Hall–Kier alpha value is -1.55. The minimum Gasteiger partial charge on any atom is -0.490 e. The highest BCUT2D eigenvalue weighted by Crippen LogP contribution is 2.31. The van der Waals surface area contributed by atoms with E-state index in [1.165, 1.54) is 5.56 Å². The summed E-state index contributed by atoms with van der Waals surface area (Å²) in [5.41, 5.74) is 8.12. The lowest BCUT2D eigenvalue weighted by molar-refractivity contribution is -0.137. The molecule has 0 saturated carbocycles. The number of ether oxygens (including phenoxy) is 1. The first-order valence-corrected chi connectivity index (χ1v) is 5.83. The maximum Gasteiger partial charge on any atom is 0.303 e. The van der Waals surface area contributed by atoms with Gasteiger partial charge >= 0.3 is 5.97 Å². The van der Waals surface area contributed by atoms with Gasteiger partial charge in [0.2, 0.25) is 0 Å². The fourth-order valence-corrected chi connectivity index (χ4v) is 2.12. The van der Waals surface area contributed by atoms with E-state index in [9.17, 15) is 4.79 Å². The molecule has 2 atom stereocenters. The molecule has 2 rings (SSSR count). The third-order valence-corrected chi connectivity index (χ3v) is 3.02. The highest BCUT2D eigenvalue weighted by molar-refractivity contribution is 5.66. The largest absolute Gasteiger partial charge is 0.490 e. The molecule has 0 spiro atoms. The van der Waals surface area contributed by atoms with Crippen LogP contribution in [0.5, 0.6) is 5.75 Å². The molecule has 0 bridgehead atoms. The first-order valence-electron chi connectivity index (χ1n) is 5.83. The van der Waals surface area contributed by atoms with Crippen molar-refractivity contribution in [1.82, 2.24) is 0 Å². The summed E-state index contributed by atoms with van der Waals surface area (Å²) in [5, 5.41) is 8.62. The van der Waals surface area contributed by atoms with Gasteiger partial charge in [-0.15, -0.1) is 0 Å². The van der Waals surface area contributed by atoms with Gasteiger partial charge in [0.05, 0.1) is 0 Å². The van der Waals surface area contributed by atoms with Crippen LogP contribution in [0, 0.1) is 0 Å².